The third kappa shape index (κ3) is 5.13. The van der Waals surface area contributed by atoms with Gasteiger partial charge in [0.15, 0.2) is 0 Å². The molecule has 0 aliphatic carbocycles. The van der Waals surface area contributed by atoms with Crippen LogP contribution in [0.3, 0.4) is 0 Å². The molecule has 0 aromatic heterocycles. The van der Waals surface area contributed by atoms with Crippen molar-refractivity contribution in [1.29, 1.82) is 0 Å². The summed E-state index contributed by atoms with van der Waals surface area (Å²) in [4.78, 5) is 13.0. The number of ether oxygens (including phenoxy) is 1. The Morgan fingerprint density at radius 2 is 1.50 bits per heavy atom. The molecule has 0 unspecified atom stereocenters. The van der Waals surface area contributed by atoms with E-state index in [9.17, 15) is 17.6 Å². The molecule has 0 radical (unpaired) electrons. The minimum Gasteiger partial charge on any atom is -0.381 e. The smallest absolute Gasteiger partial charge is 0.264 e. The Kier molecular flexibility index (Phi) is 7.29. The van der Waals surface area contributed by atoms with E-state index >= 15 is 0 Å². The van der Waals surface area contributed by atoms with Gasteiger partial charge in [0.05, 0.1) is 10.6 Å². The number of carbonyl (C=O) groups is 1. The van der Waals surface area contributed by atoms with Gasteiger partial charge < -0.3 is 10.1 Å². The maximum Gasteiger partial charge on any atom is 0.264 e. The van der Waals surface area contributed by atoms with Crippen molar-refractivity contribution in [3.8, 4) is 0 Å². The fourth-order valence-corrected chi connectivity index (χ4v) is 5.70. The number of anilines is 1. The summed E-state index contributed by atoms with van der Waals surface area (Å²) >= 11 is 0. The van der Waals surface area contributed by atoms with E-state index in [0.717, 1.165) is 22.7 Å². The highest BCUT2D eigenvalue weighted by atomic mass is 32.2. The first-order valence-corrected chi connectivity index (χ1v) is 12.6. The Bertz CT molecular complexity index is 1210. The first kappa shape index (κ1) is 23.9. The number of sulfonamides is 1. The molecule has 0 atom stereocenters. The first-order chi connectivity index (χ1) is 16.4. The SMILES string of the molecule is O=C(CN(c1ccccc1F)S(=O)(=O)c1ccccc1)NCC1(c2ccccc2)CCOCC1. The molecule has 34 heavy (non-hydrogen) atoms. The quantitative estimate of drug-likeness (QED) is 0.529. The molecule has 1 N–H and O–H groups in total. The van der Waals surface area contributed by atoms with Crippen LogP contribution in [-0.2, 0) is 25.0 Å². The Balaban J connectivity index is 1.58. The predicted octanol–water partition coefficient (Wildman–Crippen LogP) is 3.89. The topological polar surface area (TPSA) is 75.7 Å². The normalized spacial score (nSPS) is 15.4. The molecule has 3 aromatic carbocycles. The monoisotopic (exact) mass is 482 g/mol. The summed E-state index contributed by atoms with van der Waals surface area (Å²) in [5, 5.41) is 2.91. The molecule has 0 saturated carbocycles. The van der Waals surface area contributed by atoms with Crippen molar-refractivity contribution in [2.75, 3.05) is 30.6 Å². The van der Waals surface area contributed by atoms with Crippen molar-refractivity contribution in [2.24, 2.45) is 0 Å². The van der Waals surface area contributed by atoms with Crippen LogP contribution in [0.15, 0.2) is 89.8 Å². The Morgan fingerprint density at radius 3 is 2.15 bits per heavy atom. The zero-order chi connectivity index (χ0) is 24.0. The number of nitrogens with one attached hydrogen (secondary N) is 1. The van der Waals surface area contributed by atoms with Gasteiger partial charge in [-0.15, -0.1) is 0 Å². The molecule has 1 aliphatic rings. The second kappa shape index (κ2) is 10.4. The molecule has 1 fully saturated rings. The molecular weight excluding hydrogens is 455 g/mol. The first-order valence-electron chi connectivity index (χ1n) is 11.1. The second-order valence-electron chi connectivity index (χ2n) is 8.31. The van der Waals surface area contributed by atoms with Crippen LogP contribution in [0.25, 0.3) is 0 Å². The fraction of sp³-hybridized carbons (Fsp3) is 0.269. The summed E-state index contributed by atoms with van der Waals surface area (Å²) in [6, 6.07) is 23.2. The molecule has 1 saturated heterocycles. The summed E-state index contributed by atoms with van der Waals surface area (Å²) in [5.41, 5.74) is 0.614. The number of hydrogen-bond acceptors (Lipinski definition) is 4. The molecule has 1 amide bonds. The number of benzene rings is 3. The number of amides is 1. The van der Waals surface area contributed by atoms with Gasteiger partial charge in [0, 0.05) is 25.2 Å². The van der Waals surface area contributed by atoms with E-state index in [1.54, 1.807) is 18.2 Å². The number of rotatable bonds is 8. The van der Waals surface area contributed by atoms with Crippen LogP contribution in [0.5, 0.6) is 0 Å². The Labute approximate surface area is 199 Å². The number of hydrogen-bond donors (Lipinski definition) is 1. The van der Waals surface area contributed by atoms with E-state index < -0.39 is 28.3 Å². The van der Waals surface area contributed by atoms with Crippen molar-refractivity contribution in [1.82, 2.24) is 5.32 Å². The summed E-state index contributed by atoms with van der Waals surface area (Å²) in [7, 11) is -4.17. The third-order valence-corrected chi connectivity index (χ3v) is 7.97. The molecule has 1 aliphatic heterocycles. The molecule has 0 bridgehead atoms. The van der Waals surface area contributed by atoms with E-state index in [2.05, 4.69) is 5.32 Å². The number of para-hydroxylation sites is 1. The lowest BCUT2D eigenvalue weighted by Crippen LogP contribution is -2.48. The van der Waals surface area contributed by atoms with Gasteiger partial charge in [-0.3, -0.25) is 9.10 Å². The average molecular weight is 483 g/mol. The molecule has 6 nitrogen and oxygen atoms in total. The Hall–Kier alpha value is -3.23. The molecule has 8 heteroatoms. The van der Waals surface area contributed by atoms with E-state index in [1.807, 2.05) is 30.3 Å². The van der Waals surface area contributed by atoms with Crippen LogP contribution >= 0.6 is 0 Å². The van der Waals surface area contributed by atoms with Crippen molar-refractivity contribution in [3.05, 3.63) is 96.3 Å². The lowest BCUT2D eigenvalue weighted by atomic mass is 9.74. The molecule has 3 aromatic rings. The zero-order valence-corrected chi connectivity index (χ0v) is 19.5. The third-order valence-electron chi connectivity index (χ3n) is 6.20. The van der Waals surface area contributed by atoms with Gasteiger partial charge in [0.1, 0.15) is 12.4 Å². The number of halogens is 1. The summed E-state index contributed by atoms with van der Waals surface area (Å²) in [6.45, 7) is 0.943. The number of nitrogens with zero attached hydrogens (tertiary/aromatic N) is 1. The van der Waals surface area contributed by atoms with Crippen molar-refractivity contribution in [2.45, 2.75) is 23.2 Å². The molecule has 4 rings (SSSR count). The minimum absolute atomic E-state index is 0.0174. The molecular formula is C26H27FN2O4S. The summed E-state index contributed by atoms with van der Waals surface area (Å²) in [6.07, 6.45) is 1.47. The van der Waals surface area contributed by atoms with Crippen LogP contribution in [0.2, 0.25) is 0 Å². The van der Waals surface area contributed by atoms with Gasteiger partial charge in [0.2, 0.25) is 5.91 Å². The van der Waals surface area contributed by atoms with Gasteiger partial charge in [-0.25, -0.2) is 12.8 Å². The number of carbonyl (C=O) groups excluding carboxylic acids is 1. The summed E-state index contributed by atoms with van der Waals surface area (Å²) < 4.78 is 47.8. The molecule has 0 spiro atoms. The van der Waals surface area contributed by atoms with Crippen molar-refractivity contribution in [3.63, 3.8) is 0 Å². The van der Waals surface area contributed by atoms with Gasteiger partial charge >= 0.3 is 0 Å². The van der Waals surface area contributed by atoms with Crippen LogP contribution in [0, 0.1) is 5.82 Å². The van der Waals surface area contributed by atoms with E-state index in [1.165, 1.54) is 36.4 Å². The van der Waals surface area contributed by atoms with E-state index in [-0.39, 0.29) is 16.0 Å². The minimum atomic E-state index is -4.17. The van der Waals surface area contributed by atoms with Crippen LogP contribution in [0.1, 0.15) is 18.4 Å². The fourth-order valence-electron chi connectivity index (χ4n) is 4.25. The lowest BCUT2D eigenvalue weighted by molar-refractivity contribution is -0.120. The molecule has 178 valence electrons. The molecule has 1 heterocycles. The largest absolute Gasteiger partial charge is 0.381 e. The lowest BCUT2D eigenvalue weighted by Gasteiger charge is -2.38. The predicted molar refractivity (Wildman–Crippen MR) is 129 cm³/mol. The zero-order valence-electron chi connectivity index (χ0n) is 18.7. The van der Waals surface area contributed by atoms with Crippen molar-refractivity contribution < 1.29 is 22.3 Å². The van der Waals surface area contributed by atoms with Gasteiger partial charge in [-0.1, -0.05) is 60.7 Å². The van der Waals surface area contributed by atoms with Gasteiger partial charge in [-0.2, -0.15) is 0 Å². The van der Waals surface area contributed by atoms with E-state index in [4.69, 9.17) is 4.74 Å². The van der Waals surface area contributed by atoms with E-state index in [0.29, 0.717) is 19.8 Å². The average Bonchev–Trinajstić information content (AvgIpc) is 2.88. The highest BCUT2D eigenvalue weighted by Crippen LogP contribution is 2.34. The van der Waals surface area contributed by atoms with Crippen LogP contribution in [0.4, 0.5) is 10.1 Å². The van der Waals surface area contributed by atoms with Gasteiger partial charge in [0.25, 0.3) is 10.0 Å². The highest BCUT2D eigenvalue weighted by Gasteiger charge is 2.35. The summed E-state index contributed by atoms with van der Waals surface area (Å²) in [5.74, 6) is -1.23. The van der Waals surface area contributed by atoms with Gasteiger partial charge in [-0.05, 0) is 42.7 Å². The highest BCUT2D eigenvalue weighted by molar-refractivity contribution is 7.92. The maximum absolute atomic E-state index is 14.6. The van der Waals surface area contributed by atoms with Crippen LogP contribution < -0.4 is 9.62 Å². The maximum atomic E-state index is 14.6. The van der Waals surface area contributed by atoms with Crippen molar-refractivity contribution >= 4 is 21.6 Å². The van der Waals surface area contributed by atoms with Crippen LogP contribution in [-0.4, -0.2) is 40.6 Å². The second-order valence-corrected chi connectivity index (χ2v) is 10.2. The Morgan fingerprint density at radius 1 is 0.912 bits per heavy atom. The standard InChI is InChI=1S/C26H27FN2O4S/c27-23-13-7-8-14-24(23)29(34(31,32)22-11-5-2-6-12-22)19-25(30)28-20-26(15-17-33-18-16-26)21-9-3-1-4-10-21/h1-14H,15-20H2,(H,28,30).